The van der Waals surface area contributed by atoms with Crippen LogP contribution in [0.15, 0.2) is 0 Å². The zero-order chi connectivity index (χ0) is 9.56. The fourth-order valence-corrected chi connectivity index (χ4v) is 0.788. The predicted octanol–water partition coefficient (Wildman–Crippen LogP) is -1.77. The fourth-order valence-electron chi connectivity index (χ4n) is 0.788. The summed E-state index contributed by atoms with van der Waals surface area (Å²) in [6, 6.07) is 0. The van der Waals surface area contributed by atoms with Gasteiger partial charge in [0.2, 0.25) is 5.91 Å². The van der Waals surface area contributed by atoms with E-state index in [4.69, 9.17) is 15.3 Å². The van der Waals surface area contributed by atoms with Gasteiger partial charge in [0.25, 0.3) is 0 Å². The normalized spacial score (nSPS) is 15.3. The zero-order valence-corrected chi connectivity index (χ0v) is 7.03. The van der Waals surface area contributed by atoms with Gasteiger partial charge in [0, 0.05) is 13.5 Å². The molecule has 0 spiro atoms. The van der Waals surface area contributed by atoms with Crippen LogP contribution in [0.4, 0.5) is 0 Å². The monoisotopic (exact) mass is 177 g/mol. The third kappa shape index (κ3) is 5.06. The second kappa shape index (κ2) is 5.93. The molecule has 0 saturated carbocycles. The van der Waals surface area contributed by atoms with E-state index in [0.29, 0.717) is 0 Å². The van der Waals surface area contributed by atoms with Crippen LogP contribution < -0.4 is 5.32 Å². The summed E-state index contributed by atoms with van der Waals surface area (Å²) < 4.78 is 0. The molecule has 0 aromatic rings. The van der Waals surface area contributed by atoms with E-state index in [1.807, 2.05) is 0 Å². The van der Waals surface area contributed by atoms with Gasteiger partial charge in [-0.1, -0.05) is 0 Å². The maximum absolute atomic E-state index is 10.7. The molecule has 0 aliphatic carbocycles. The lowest BCUT2D eigenvalue weighted by atomic mass is 10.1. The molecule has 0 fully saturated rings. The predicted molar refractivity (Wildman–Crippen MR) is 42.4 cm³/mol. The first-order chi connectivity index (χ1) is 5.60. The Morgan fingerprint density at radius 3 is 2.42 bits per heavy atom. The molecule has 0 unspecified atom stereocenters. The van der Waals surface area contributed by atoms with E-state index in [1.54, 1.807) is 0 Å². The van der Waals surface area contributed by atoms with Gasteiger partial charge in [-0.2, -0.15) is 0 Å². The maximum Gasteiger partial charge on any atom is 0.222 e. The molecule has 5 heteroatoms. The van der Waals surface area contributed by atoms with Crippen LogP contribution in [0.5, 0.6) is 0 Å². The smallest absolute Gasteiger partial charge is 0.222 e. The first-order valence-corrected chi connectivity index (χ1v) is 3.77. The van der Waals surface area contributed by atoms with Gasteiger partial charge in [-0.3, -0.25) is 4.79 Å². The van der Waals surface area contributed by atoms with E-state index in [2.05, 4.69) is 5.32 Å². The lowest BCUT2D eigenvalue weighted by molar-refractivity contribution is -0.122. The summed E-state index contributed by atoms with van der Waals surface area (Å²) in [6.45, 7) is -0.398. The molecule has 1 amide bonds. The molecule has 0 rings (SSSR count). The van der Waals surface area contributed by atoms with Gasteiger partial charge in [0.05, 0.1) is 25.2 Å². The molecule has 4 N–H and O–H groups in total. The van der Waals surface area contributed by atoms with E-state index >= 15 is 0 Å². The Balaban J connectivity index is 3.58. The van der Waals surface area contributed by atoms with Crippen molar-refractivity contribution in [1.82, 2.24) is 5.32 Å². The number of hydrogen-bond acceptors (Lipinski definition) is 4. The van der Waals surface area contributed by atoms with Crippen molar-refractivity contribution in [3.8, 4) is 0 Å². The highest BCUT2D eigenvalue weighted by atomic mass is 16.3. The summed E-state index contributed by atoms with van der Waals surface area (Å²) in [7, 11) is 1.47. The van der Waals surface area contributed by atoms with Crippen LogP contribution >= 0.6 is 0 Å². The molecule has 0 bridgehead atoms. The Labute approximate surface area is 71.0 Å². The van der Waals surface area contributed by atoms with Gasteiger partial charge in [-0.05, 0) is 0 Å². The quantitative estimate of drug-likeness (QED) is 0.400. The number of hydrogen-bond donors (Lipinski definition) is 4. The molecule has 0 aromatic heterocycles. The van der Waals surface area contributed by atoms with Crippen LogP contribution in [0, 0.1) is 0 Å². The Kier molecular flexibility index (Phi) is 5.61. The summed E-state index contributed by atoms with van der Waals surface area (Å²) >= 11 is 0. The van der Waals surface area contributed by atoms with Crippen LogP contribution in [-0.2, 0) is 4.79 Å². The van der Waals surface area contributed by atoms with E-state index < -0.39 is 18.8 Å². The van der Waals surface area contributed by atoms with E-state index in [-0.39, 0.29) is 18.7 Å². The Hall–Kier alpha value is -0.650. The highest BCUT2D eigenvalue weighted by Gasteiger charge is 2.13. The highest BCUT2D eigenvalue weighted by molar-refractivity contribution is 5.75. The van der Waals surface area contributed by atoms with Crippen LogP contribution in [0.1, 0.15) is 12.8 Å². The summed E-state index contributed by atoms with van der Waals surface area (Å²) in [5.41, 5.74) is 0. The average molecular weight is 177 g/mol. The number of nitrogens with one attached hydrogen (secondary N) is 1. The molecule has 2 atom stereocenters. The maximum atomic E-state index is 10.7. The molecule has 0 heterocycles. The standard InChI is InChI=1S/C7H15NO4/c1-8-7(12)3-5(10)2-6(11)4-9/h5-6,9-11H,2-4H2,1H3,(H,8,12)/t5-,6-/m1/s1. The number of aliphatic hydroxyl groups is 3. The van der Waals surface area contributed by atoms with Crippen LogP contribution in [0.25, 0.3) is 0 Å². The Morgan fingerprint density at radius 2 is 2.00 bits per heavy atom. The van der Waals surface area contributed by atoms with Crippen molar-refractivity contribution in [2.45, 2.75) is 25.0 Å². The minimum atomic E-state index is -0.954. The van der Waals surface area contributed by atoms with Crippen LogP contribution in [0.3, 0.4) is 0 Å². The molecular formula is C7H15NO4. The summed E-state index contributed by atoms with van der Waals surface area (Å²) in [5.74, 6) is -0.285. The second-order valence-corrected chi connectivity index (χ2v) is 2.60. The first-order valence-electron chi connectivity index (χ1n) is 3.77. The lowest BCUT2D eigenvalue weighted by Crippen LogP contribution is -2.27. The number of carbonyl (C=O) groups excluding carboxylic acids is 1. The molecule has 0 aromatic carbocycles. The van der Waals surface area contributed by atoms with Gasteiger partial charge in [0.15, 0.2) is 0 Å². The topological polar surface area (TPSA) is 89.8 Å². The second-order valence-electron chi connectivity index (χ2n) is 2.60. The van der Waals surface area contributed by atoms with Gasteiger partial charge >= 0.3 is 0 Å². The van der Waals surface area contributed by atoms with Crippen molar-refractivity contribution >= 4 is 5.91 Å². The van der Waals surface area contributed by atoms with Crippen molar-refractivity contribution in [2.24, 2.45) is 0 Å². The van der Waals surface area contributed by atoms with Gasteiger partial charge in [-0.15, -0.1) is 0 Å². The molecule has 0 radical (unpaired) electrons. The number of carbonyl (C=O) groups is 1. The average Bonchev–Trinajstić information content (AvgIpc) is 2.03. The van der Waals surface area contributed by atoms with Crippen molar-refractivity contribution < 1.29 is 20.1 Å². The molecule has 12 heavy (non-hydrogen) atoms. The van der Waals surface area contributed by atoms with E-state index in [0.717, 1.165) is 0 Å². The SMILES string of the molecule is CNC(=O)C[C@H](O)C[C@@H](O)CO. The van der Waals surface area contributed by atoms with Gasteiger partial charge in [-0.25, -0.2) is 0 Å². The summed E-state index contributed by atoms with van der Waals surface area (Å²) in [6.07, 6.45) is -1.88. The lowest BCUT2D eigenvalue weighted by Gasteiger charge is -2.12. The Bertz CT molecular complexity index is 139. The first kappa shape index (κ1) is 11.4. The van der Waals surface area contributed by atoms with E-state index in [1.165, 1.54) is 7.05 Å². The van der Waals surface area contributed by atoms with Crippen molar-refractivity contribution in [3.05, 3.63) is 0 Å². The third-order valence-corrected chi connectivity index (χ3v) is 1.45. The number of rotatable bonds is 5. The largest absolute Gasteiger partial charge is 0.394 e. The van der Waals surface area contributed by atoms with Crippen LogP contribution in [0.2, 0.25) is 0 Å². The number of amides is 1. The van der Waals surface area contributed by atoms with Crippen molar-refractivity contribution in [1.29, 1.82) is 0 Å². The number of aliphatic hydroxyl groups excluding tert-OH is 3. The van der Waals surface area contributed by atoms with Crippen LogP contribution in [-0.4, -0.2) is 47.1 Å². The Morgan fingerprint density at radius 1 is 1.42 bits per heavy atom. The molecule has 0 saturated heterocycles. The molecule has 72 valence electrons. The molecule has 0 aliphatic heterocycles. The van der Waals surface area contributed by atoms with E-state index in [9.17, 15) is 4.79 Å². The highest BCUT2D eigenvalue weighted by Crippen LogP contribution is 2.01. The van der Waals surface area contributed by atoms with Gasteiger partial charge < -0.3 is 20.6 Å². The molecule has 0 aliphatic rings. The summed E-state index contributed by atoms with van der Waals surface area (Å²) in [4.78, 5) is 10.7. The summed E-state index contributed by atoms with van der Waals surface area (Å²) in [5, 5.41) is 28.7. The van der Waals surface area contributed by atoms with Gasteiger partial charge in [0.1, 0.15) is 0 Å². The molecular weight excluding hydrogens is 162 g/mol. The molecule has 5 nitrogen and oxygen atoms in total. The third-order valence-electron chi connectivity index (χ3n) is 1.45. The van der Waals surface area contributed by atoms with Crippen molar-refractivity contribution in [2.75, 3.05) is 13.7 Å². The minimum Gasteiger partial charge on any atom is -0.394 e. The fraction of sp³-hybridized carbons (Fsp3) is 0.857. The zero-order valence-electron chi connectivity index (χ0n) is 7.03. The van der Waals surface area contributed by atoms with Crippen molar-refractivity contribution in [3.63, 3.8) is 0 Å². The minimum absolute atomic E-state index is 0.0178.